The second kappa shape index (κ2) is 5.51. The second-order valence-electron chi connectivity index (χ2n) is 5.66. The van der Waals surface area contributed by atoms with Crippen molar-refractivity contribution in [2.75, 3.05) is 13.2 Å². The number of rotatable bonds is 3. The Bertz CT molecular complexity index is 786. The molecule has 4 rings (SSSR count). The second-order valence-corrected chi connectivity index (χ2v) is 5.66. The maximum atomic E-state index is 12.7. The summed E-state index contributed by atoms with van der Waals surface area (Å²) in [6.45, 7) is 1.10. The van der Waals surface area contributed by atoms with Crippen molar-refractivity contribution in [3.05, 3.63) is 54.4 Å². The molecule has 7 heteroatoms. The Kier molecular flexibility index (Phi) is 3.34. The number of pyridine rings is 1. The number of carbonyl (C=O) groups is 1. The number of carbonyl (C=O) groups excluding carboxylic acids is 1. The van der Waals surface area contributed by atoms with Crippen molar-refractivity contribution in [2.24, 2.45) is 0 Å². The minimum Gasteiger partial charge on any atom is -0.381 e. The molecular formula is C16H16N4O3. The van der Waals surface area contributed by atoms with Crippen molar-refractivity contribution in [3.8, 4) is 0 Å². The maximum absolute atomic E-state index is 12.7. The number of hydrogen-bond donors (Lipinski definition) is 1. The number of amides is 1. The van der Waals surface area contributed by atoms with Crippen LogP contribution in [0.4, 0.5) is 0 Å². The van der Waals surface area contributed by atoms with Gasteiger partial charge < -0.3 is 19.0 Å². The molecule has 0 aromatic carbocycles. The monoisotopic (exact) mass is 312 g/mol. The molecule has 0 aliphatic carbocycles. The van der Waals surface area contributed by atoms with E-state index in [0.717, 1.165) is 5.52 Å². The van der Waals surface area contributed by atoms with E-state index in [1.54, 1.807) is 0 Å². The summed E-state index contributed by atoms with van der Waals surface area (Å²) in [6, 6.07) is 7.68. The Morgan fingerprint density at radius 3 is 2.91 bits per heavy atom. The number of hydrogen-bond acceptors (Lipinski definition) is 5. The fourth-order valence-electron chi connectivity index (χ4n) is 2.97. The first-order valence-electron chi connectivity index (χ1n) is 7.51. The van der Waals surface area contributed by atoms with Gasteiger partial charge in [0, 0.05) is 44.0 Å². The molecule has 0 unspecified atom stereocenters. The molecule has 0 atom stereocenters. The Balaban J connectivity index is 1.64. The van der Waals surface area contributed by atoms with E-state index < -0.39 is 5.54 Å². The van der Waals surface area contributed by atoms with E-state index in [2.05, 4.69) is 15.5 Å². The van der Waals surface area contributed by atoms with Crippen molar-refractivity contribution in [1.82, 2.24) is 19.9 Å². The SMILES string of the molecule is O=C(NC1(c2ncon2)CCOCC1)c1cc2ccccn2c1. The van der Waals surface area contributed by atoms with Crippen molar-refractivity contribution in [3.63, 3.8) is 0 Å². The highest BCUT2D eigenvalue weighted by atomic mass is 16.5. The van der Waals surface area contributed by atoms with Gasteiger partial charge in [0.2, 0.25) is 6.39 Å². The molecule has 0 spiro atoms. The van der Waals surface area contributed by atoms with Crippen LogP contribution in [-0.2, 0) is 10.3 Å². The summed E-state index contributed by atoms with van der Waals surface area (Å²) < 4.78 is 12.2. The molecule has 0 radical (unpaired) electrons. The molecule has 7 nitrogen and oxygen atoms in total. The third kappa shape index (κ3) is 2.49. The Labute approximate surface area is 132 Å². The van der Waals surface area contributed by atoms with Gasteiger partial charge >= 0.3 is 0 Å². The first-order valence-corrected chi connectivity index (χ1v) is 7.51. The molecule has 118 valence electrons. The summed E-state index contributed by atoms with van der Waals surface area (Å²) in [6.07, 6.45) is 6.24. The quantitative estimate of drug-likeness (QED) is 0.797. The average Bonchev–Trinajstić information content (AvgIpc) is 3.25. The van der Waals surface area contributed by atoms with E-state index in [1.165, 1.54) is 6.39 Å². The third-order valence-corrected chi connectivity index (χ3v) is 4.26. The van der Waals surface area contributed by atoms with E-state index in [1.807, 2.05) is 41.1 Å². The van der Waals surface area contributed by atoms with Crippen LogP contribution in [0.5, 0.6) is 0 Å². The number of nitrogens with zero attached hydrogens (tertiary/aromatic N) is 3. The van der Waals surface area contributed by atoms with Gasteiger partial charge in [-0.05, 0) is 18.2 Å². The highest BCUT2D eigenvalue weighted by Gasteiger charge is 2.40. The lowest BCUT2D eigenvalue weighted by Crippen LogP contribution is -2.50. The normalized spacial score (nSPS) is 17.2. The Hall–Kier alpha value is -2.67. The summed E-state index contributed by atoms with van der Waals surface area (Å²) in [5.41, 5.74) is 0.931. The topological polar surface area (TPSA) is 81.7 Å². The van der Waals surface area contributed by atoms with Crippen LogP contribution in [0.2, 0.25) is 0 Å². The van der Waals surface area contributed by atoms with Gasteiger partial charge in [-0.25, -0.2) is 0 Å². The van der Waals surface area contributed by atoms with E-state index in [4.69, 9.17) is 9.26 Å². The van der Waals surface area contributed by atoms with Gasteiger partial charge in [-0.15, -0.1) is 0 Å². The highest BCUT2D eigenvalue weighted by molar-refractivity contribution is 5.96. The fourth-order valence-corrected chi connectivity index (χ4v) is 2.97. The lowest BCUT2D eigenvalue weighted by molar-refractivity contribution is 0.0306. The zero-order chi connectivity index (χ0) is 15.7. The molecule has 0 bridgehead atoms. The van der Waals surface area contributed by atoms with Crippen LogP contribution in [0, 0.1) is 0 Å². The molecule has 3 aromatic rings. The van der Waals surface area contributed by atoms with Gasteiger partial charge in [-0.2, -0.15) is 4.98 Å². The van der Waals surface area contributed by atoms with Gasteiger partial charge in [0.1, 0.15) is 5.54 Å². The molecule has 1 fully saturated rings. The van der Waals surface area contributed by atoms with Gasteiger partial charge in [-0.3, -0.25) is 4.79 Å². The standard InChI is InChI=1S/C16H16N4O3/c21-14(12-9-13-3-1-2-6-20(13)10-12)18-16(4-7-22-8-5-16)15-17-11-23-19-15/h1-3,6,9-11H,4-5,7-8H2,(H,18,21). The molecule has 23 heavy (non-hydrogen) atoms. The van der Waals surface area contributed by atoms with Gasteiger partial charge in [-0.1, -0.05) is 11.2 Å². The van der Waals surface area contributed by atoms with Crippen LogP contribution < -0.4 is 5.32 Å². The van der Waals surface area contributed by atoms with Crippen LogP contribution >= 0.6 is 0 Å². The van der Waals surface area contributed by atoms with Crippen LogP contribution in [0.15, 0.2) is 47.6 Å². The third-order valence-electron chi connectivity index (χ3n) is 4.26. The van der Waals surface area contributed by atoms with Crippen LogP contribution in [-0.4, -0.2) is 33.7 Å². The molecule has 0 saturated carbocycles. The maximum Gasteiger partial charge on any atom is 0.253 e. The zero-order valence-electron chi connectivity index (χ0n) is 12.4. The first kappa shape index (κ1) is 14.0. The lowest BCUT2D eigenvalue weighted by Gasteiger charge is -2.35. The van der Waals surface area contributed by atoms with E-state index in [-0.39, 0.29) is 5.91 Å². The molecule has 1 amide bonds. The number of nitrogens with one attached hydrogen (secondary N) is 1. The molecule has 1 aliphatic heterocycles. The van der Waals surface area contributed by atoms with Crippen LogP contribution in [0.3, 0.4) is 0 Å². The summed E-state index contributed by atoms with van der Waals surface area (Å²) in [7, 11) is 0. The van der Waals surface area contributed by atoms with Crippen molar-refractivity contribution < 1.29 is 14.1 Å². The summed E-state index contributed by atoms with van der Waals surface area (Å²) in [5, 5.41) is 7.03. The first-order chi connectivity index (χ1) is 11.3. The summed E-state index contributed by atoms with van der Waals surface area (Å²) in [4.78, 5) is 16.9. The minimum atomic E-state index is -0.642. The van der Waals surface area contributed by atoms with Crippen molar-refractivity contribution in [1.29, 1.82) is 0 Å². The van der Waals surface area contributed by atoms with Gasteiger partial charge in [0.25, 0.3) is 5.91 Å². The zero-order valence-corrected chi connectivity index (χ0v) is 12.4. The smallest absolute Gasteiger partial charge is 0.253 e. The predicted molar refractivity (Wildman–Crippen MR) is 80.9 cm³/mol. The van der Waals surface area contributed by atoms with Gasteiger partial charge in [0.15, 0.2) is 5.82 Å². The molecular weight excluding hydrogens is 296 g/mol. The molecule has 3 aromatic heterocycles. The number of aromatic nitrogens is 3. The largest absolute Gasteiger partial charge is 0.381 e. The predicted octanol–water partition coefficient (Wildman–Crippen LogP) is 1.76. The minimum absolute atomic E-state index is 0.152. The van der Waals surface area contributed by atoms with E-state index in [9.17, 15) is 4.79 Å². The average molecular weight is 312 g/mol. The summed E-state index contributed by atoms with van der Waals surface area (Å²) >= 11 is 0. The number of fused-ring (bicyclic) bond motifs is 1. The molecule has 1 saturated heterocycles. The summed E-state index contributed by atoms with van der Waals surface area (Å²) in [5.74, 6) is 0.346. The number of ether oxygens (including phenoxy) is 1. The highest BCUT2D eigenvalue weighted by Crippen LogP contribution is 2.30. The fraction of sp³-hybridized carbons (Fsp3) is 0.312. The van der Waals surface area contributed by atoms with Crippen molar-refractivity contribution in [2.45, 2.75) is 18.4 Å². The Morgan fingerprint density at radius 2 is 2.17 bits per heavy atom. The van der Waals surface area contributed by atoms with Gasteiger partial charge in [0.05, 0.1) is 5.56 Å². The van der Waals surface area contributed by atoms with Crippen LogP contribution in [0.1, 0.15) is 29.0 Å². The molecule has 1 aliphatic rings. The Morgan fingerprint density at radius 1 is 1.30 bits per heavy atom. The van der Waals surface area contributed by atoms with Crippen molar-refractivity contribution >= 4 is 11.4 Å². The van der Waals surface area contributed by atoms with Crippen LogP contribution in [0.25, 0.3) is 5.52 Å². The van der Waals surface area contributed by atoms with E-state index in [0.29, 0.717) is 37.4 Å². The molecule has 1 N–H and O–H groups in total. The molecule has 4 heterocycles. The van der Waals surface area contributed by atoms with E-state index >= 15 is 0 Å². The lowest BCUT2D eigenvalue weighted by atomic mass is 9.88.